The van der Waals surface area contributed by atoms with Crippen LogP contribution in [0.1, 0.15) is 5.69 Å². The highest BCUT2D eigenvalue weighted by atomic mass is 19.1. The summed E-state index contributed by atoms with van der Waals surface area (Å²) < 4.78 is 18.2. The highest BCUT2D eigenvalue weighted by molar-refractivity contribution is 5.57. The number of nitrogens with one attached hydrogen (secondary N) is 1. The molecule has 0 atom stereocenters. The zero-order valence-corrected chi connectivity index (χ0v) is 9.51. The van der Waals surface area contributed by atoms with Gasteiger partial charge < -0.3 is 4.52 Å². The molecule has 2 heterocycles. The van der Waals surface area contributed by atoms with Crippen molar-refractivity contribution in [3.63, 3.8) is 0 Å². The topological polar surface area (TPSA) is 67.6 Å². The van der Waals surface area contributed by atoms with Crippen LogP contribution in [-0.2, 0) is 0 Å². The average Bonchev–Trinajstić information content (AvgIpc) is 2.97. The Hall–Kier alpha value is -2.50. The van der Waals surface area contributed by atoms with E-state index in [-0.39, 0.29) is 5.82 Å². The second kappa shape index (κ2) is 4.06. The SMILES string of the molecule is Cc1cc(-c2nc(-c3cccc(F)c3)no2)n[nH]1. The van der Waals surface area contributed by atoms with Gasteiger partial charge in [-0.2, -0.15) is 10.1 Å². The molecule has 3 aromatic rings. The summed E-state index contributed by atoms with van der Waals surface area (Å²) in [6.07, 6.45) is 0. The van der Waals surface area contributed by atoms with Crippen LogP contribution in [0.15, 0.2) is 34.9 Å². The molecule has 18 heavy (non-hydrogen) atoms. The molecule has 5 nitrogen and oxygen atoms in total. The Morgan fingerprint density at radius 1 is 1.28 bits per heavy atom. The number of hydrogen-bond donors (Lipinski definition) is 1. The maximum atomic E-state index is 13.1. The highest BCUT2D eigenvalue weighted by Crippen LogP contribution is 2.21. The maximum Gasteiger partial charge on any atom is 0.278 e. The molecule has 0 bridgehead atoms. The first-order valence-corrected chi connectivity index (χ1v) is 5.34. The Labute approximate surface area is 102 Å². The smallest absolute Gasteiger partial charge is 0.278 e. The summed E-state index contributed by atoms with van der Waals surface area (Å²) >= 11 is 0. The molecule has 0 spiro atoms. The molecule has 0 saturated heterocycles. The summed E-state index contributed by atoms with van der Waals surface area (Å²) in [4.78, 5) is 4.18. The van der Waals surface area contributed by atoms with Crippen LogP contribution in [0, 0.1) is 12.7 Å². The Morgan fingerprint density at radius 3 is 2.89 bits per heavy atom. The maximum absolute atomic E-state index is 13.1. The monoisotopic (exact) mass is 244 g/mol. The molecule has 0 fully saturated rings. The van der Waals surface area contributed by atoms with Crippen LogP contribution in [0.5, 0.6) is 0 Å². The molecular formula is C12H9FN4O. The second-order valence-electron chi connectivity index (χ2n) is 3.87. The van der Waals surface area contributed by atoms with E-state index in [1.165, 1.54) is 12.1 Å². The highest BCUT2D eigenvalue weighted by Gasteiger charge is 2.13. The lowest BCUT2D eigenvalue weighted by Gasteiger charge is -1.92. The van der Waals surface area contributed by atoms with E-state index in [1.807, 2.05) is 6.92 Å². The number of aromatic amines is 1. The number of halogens is 1. The quantitative estimate of drug-likeness (QED) is 0.752. The normalized spacial score (nSPS) is 10.8. The van der Waals surface area contributed by atoms with Crippen molar-refractivity contribution < 1.29 is 8.91 Å². The molecule has 0 unspecified atom stereocenters. The lowest BCUT2D eigenvalue weighted by atomic mass is 10.2. The summed E-state index contributed by atoms with van der Waals surface area (Å²) in [7, 11) is 0. The van der Waals surface area contributed by atoms with Crippen molar-refractivity contribution in [2.24, 2.45) is 0 Å². The Morgan fingerprint density at radius 2 is 2.17 bits per heavy atom. The Kier molecular flexibility index (Phi) is 2.40. The van der Waals surface area contributed by atoms with Crippen molar-refractivity contribution in [3.05, 3.63) is 41.8 Å². The number of benzene rings is 1. The van der Waals surface area contributed by atoms with Crippen LogP contribution in [0.2, 0.25) is 0 Å². The molecule has 2 aromatic heterocycles. The molecule has 1 N–H and O–H groups in total. The van der Waals surface area contributed by atoms with E-state index in [0.717, 1.165) is 5.69 Å². The summed E-state index contributed by atoms with van der Waals surface area (Å²) in [6, 6.07) is 7.82. The van der Waals surface area contributed by atoms with Crippen molar-refractivity contribution in [3.8, 4) is 23.0 Å². The number of nitrogens with zero attached hydrogens (tertiary/aromatic N) is 3. The van der Waals surface area contributed by atoms with Crippen LogP contribution >= 0.6 is 0 Å². The molecule has 0 aliphatic carbocycles. The van der Waals surface area contributed by atoms with Gasteiger partial charge >= 0.3 is 0 Å². The summed E-state index contributed by atoms with van der Waals surface area (Å²) in [5.41, 5.74) is 2.04. The van der Waals surface area contributed by atoms with Crippen LogP contribution in [-0.4, -0.2) is 20.3 Å². The molecule has 90 valence electrons. The summed E-state index contributed by atoms with van der Waals surface area (Å²) in [5, 5.41) is 10.6. The van der Waals surface area contributed by atoms with Gasteiger partial charge in [0.1, 0.15) is 5.82 Å². The Bertz CT molecular complexity index is 689. The fraction of sp³-hybridized carbons (Fsp3) is 0.0833. The minimum atomic E-state index is -0.338. The zero-order valence-electron chi connectivity index (χ0n) is 9.51. The van der Waals surface area contributed by atoms with E-state index in [4.69, 9.17) is 4.52 Å². The predicted molar refractivity (Wildman–Crippen MR) is 62.0 cm³/mol. The molecule has 1 aromatic carbocycles. The average molecular weight is 244 g/mol. The van der Waals surface area contributed by atoms with Crippen LogP contribution in [0.25, 0.3) is 23.0 Å². The first-order valence-electron chi connectivity index (χ1n) is 5.34. The summed E-state index contributed by atoms with van der Waals surface area (Å²) in [5.74, 6) is 0.304. The van der Waals surface area contributed by atoms with E-state index in [0.29, 0.717) is 23.0 Å². The van der Waals surface area contributed by atoms with Crippen molar-refractivity contribution in [1.82, 2.24) is 20.3 Å². The molecule has 0 aliphatic heterocycles. The van der Waals surface area contributed by atoms with E-state index in [9.17, 15) is 4.39 Å². The van der Waals surface area contributed by atoms with E-state index >= 15 is 0 Å². The zero-order chi connectivity index (χ0) is 12.5. The second-order valence-corrected chi connectivity index (χ2v) is 3.87. The van der Waals surface area contributed by atoms with Gasteiger partial charge in [0.05, 0.1) is 0 Å². The van der Waals surface area contributed by atoms with E-state index in [2.05, 4.69) is 20.3 Å². The number of aryl methyl sites for hydroxylation is 1. The van der Waals surface area contributed by atoms with E-state index < -0.39 is 0 Å². The number of H-pyrrole nitrogens is 1. The van der Waals surface area contributed by atoms with Crippen molar-refractivity contribution in [1.29, 1.82) is 0 Å². The van der Waals surface area contributed by atoms with Gasteiger partial charge in [0.25, 0.3) is 5.89 Å². The molecule has 6 heteroatoms. The molecular weight excluding hydrogens is 235 g/mol. The van der Waals surface area contributed by atoms with E-state index in [1.54, 1.807) is 18.2 Å². The lowest BCUT2D eigenvalue weighted by Crippen LogP contribution is -1.82. The van der Waals surface area contributed by atoms with Crippen LogP contribution in [0.4, 0.5) is 4.39 Å². The fourth-order valence-electron chi connectivity index (χ4n) is 1.60. The van der Waals surface area contributed by atoms with Gasteiger partial charge in [-0.05, 0) is 25.1 Å². The van der Waals surface area contributed by atoms with Crippen LogP contribution < -0.4 is 0 Å². The molecule has 3 rings (SSSR count). The van der Waals surface area contributed by atoms with Gasteiger partial charge in [0.15, 0.2) is 5.69 Å². The third kappa shape index (κ3) is 1.88. The lowest BCUT2D eigenvalue weighted by molar-refractivity contribution is 0.431. The first kappa shape index (κ1) is 10.6. The number of hydrogen-bond acceptors (Lipinski definition) is 4. The van der Waals surface area contributed by atoms with Crippen LogP contribution in [0.3, 0.4) is 0 Å². The van der Waals surface area contributed by atoms with Gasteiger partial charge in [0, 0.05) is 11.3 Å². The van der Waals surface area contributed by atoms with Gasteiger partial charge in [-0.25, -0.2) is 4.39 Å². The summed E-state index contributed by atoms with van der Waals surface area (Å²) in [6.45, 7) is 1.88. The molecule has 0 radical (unpaired) electrons. The van der Waals surface area contributed by atoms with Crippen molar-refractivity contribution in [2.75, 3.05) is 0 Å². The third-order valence-corrected chi connectivity index (χ3v) is 2.43. The largest absolute Gasteiger partial charge is 0.332 e. The number of rotatable bonds is 2. The molecule has 0 saturated carbocycles. The minimum absolute atomic E-state index is 0.304. The molecule has 0 aliphatic rings. The van der Waals surface area contributed by atoms with Gasteiger partial charge in [0.2, 0.25) is 5.82 Å². The van der Waals surface area contributed by atoms with Gasteiger partial charge in [-0.3, -0.25) is 5.10 Å². The van der Waals surface area contributed by atoms with Gasteiger partial charge in [-0.1, -0.05) is 17.3 Å². The number of aromatic nitrogens is 4. The predicted octanol–water partition coefficient (Wildman–Crippen LogP) is 2.57. The molecule has 0 amide bonds. The van der Waals surface area contributed by atoms with Crippen molar-refractivity contribution in [2.45, 2.75) is 6.92 Å². The fourth-order valence-corrected chi connectivity index (χ4v) is 1.60. The van der Waals surface area contributed by atoms with Crippen molar-refractivity contribution >= 4 is 0 Å². The van der Waals surface area contributed by atoms with Gasteiger partial charge in [-0.15, -0.1) is 0 Å². The minimum Gasteiger partial charge on any atom is -0.332 e. The Balaban J connectivity index is 1.99. The standard InChI is InChI=1S/C12H9FN4O/c1-7-5-10(16-15-7)12-14-11(17-18-12)8-3-2-4-9(13)6-8/h2-6H,1H3,(H,15,16). The first-order chi connectivity index (χ1) is 8.72. The third-order valence-electron chi connectivity index (χ3n) is 2.43.